The van der Waals surface area contributed by atoms with Crippen molar-refractivity contribution in [2.75, 3.05) is 23.3 Å². The highest BCUT2D eigenvalue weighted by molar-refractivity contribution is 7.14. The Balaban J connectivity index is 1.32. The summed E-state index contributed by atoms with van der Waals surface area (Å²) in [7, 11) is 0. The van der Waals surface area contributed by atoms with Gasteiger partial charge in [0.15, 0.2) is 5.13 Å². The zero-order chi connectivity index (χ0) is 26.6. The number of benzene rings is 1. The van der Waals surface area contributed by atoms with Crippen LogP contribution >= 0.6 is 11.3 Å². The molecule has 0 aliphatic carbocycles. The van der Waals surface area contributed by atoms with Crippen molar-refractivity contribution in [1.29, 1.82) is 0 Å². The van der Waals surface area contributed by atoms with Gasteiger partial charge in [-0.2, -0.15) is 0 Å². The third-order valence-corrected chi connectivity index (χ3v) is 7.06. The number of nitrogens with one attached hydrogen (secondary N) is 1. The molecule has 2 aromatic heterocycles. The molecule has 0 amide bonds. The van der Waals surface area contributed by atoms with Crippen LogP contribution < -0.4 is 15.0 Å². The Hall–Kier alpha value is -3.41. The van der Waals surface area contributed by atoms with Crippen molar-refractivity contribution in [3.05, 3.63) is 47.2 Å². The Morgan fingerprint density at radius 2 is 2.08 bits per heavy atom. The Bertz CT molecular complexity index is 1220. The lowest BCUT2D eigenvalue weighted by molar-refractivity contribution is -0.274. The first-order valence-electron chi connectivity index (χ1n) is 12.0. The molecule has 1 aliphatic rings. The number of piperidine rings is 1. The lowest BCUT2D eigenvalue weighted by Crippen LogP contribution is -2.44. The number of aryl methyl sites for hydroxylation is 1. The quantitative estimate of drug-likeness (QED) is 0.368. The molecule has 1 saturated heterocycles. The second kappa shape index (κ2) is 11.3. The van der Waals surface area contributed by atoms with Crippen LogP contribution in [0.2, 0.25) is 0 Å². The number of halogens is 3. The maximum absolute atomic E-state index is 12.6. The SMILES string of the molecule is CCC1CC(C(=O)O)CCN1c1cnc(CCNc2nc(-c3cc(C)cc(OC(F)(F)F)c3)cs2)cn1. The van der Waals surface area contributed by atoms with Crippen LogP contribution in [0, 0.1) is 12.8 Å². The van der Waals surface area contributed by atoms with Crippen molar-refractivity contribution in [2.45, 2.75) is 51.9 Å². The molecule has 1 aromatic carbocycles. The van der Waals surface area contributed by atoms with Crippen LogP contribution in [-0.4, -0.2) is 51.5 Å². The molecule has 4 rings (SSSR count). The molecule has 1 aliphatic heterocycles. The van der Waals surface area contributed by atoms with Crippen molar-refractivity contribution >= 4 is 28.3 Å². The standard InChI is InChI=1S/C25H28F3N5O3S/c1-3-19-10-16(23(34)35)5-7-33(19)22-13-30-18(12-31-22)4-6-29-24-32-21(14-37-24)17-8-15(2)9-20(11-17)36-25(26,27)28/h8-9,11-14,16,19H,3-7,10H2,1-2H3,(H,29,32)(H,34,35). The minimum atomic E-state index is -4.75. The molecule has 2 N–H and O–H groups in total. The van der Waals surface area contributed by atoms with Gasteiger partial charge in [-0.3, -0.25) is 9.78 Å². The summed E-state index contributed by atoms with van der Waals surface area (Å²) in [6.07, 6.45) is 1.35. The third-order valence-electron chi connectivity index (χ3n) is 6.26. The summed E-state index contributed by atoms with van der Waals surface area (Å²) in [6.45, 7) is 4.94. The number of aliphatic carboxylic acids is 1. The van der Waals surface area contributed by atoms with Crippen LogP contribution in [0.4, 0.5) is 24.1 Å². The molecule has 2 atom stereocenters. The van der Waals surface area contributed by atoms with Crippen molar-refractivity contribution < 1.29 is 27.8 Å². The van der Waals surface area contributed by atoms with Gasteiger partial charge in [-0.25, -0.2) is 9.97 Å². The van der Waals surface area contributed by atoms with Gasteiger partial charge in [-0.15, -0.1) is 24.5 Å². The first-order chi connectivity index (χ1) is 17.6. The monoisotopic (exact) mass is 535 g/mol. The molecule has 8 nitrogen and oxygen atoms in total. The third kappa shape index (κ3) is 7.09. The van der Waals surface area contributed by atoms with E-state index in [1.54, 1.807) is 30.8 Å². The van der Waals surface area contributed by atoms with E-state index in [1.807, 2.05) is 6.92 Å². The maximum Gasteiger partial charge on any atom is 0.573 e. The summed E-state index contributed by atoms with van der Waals surface area (Å²) >= 11 is 1.36. The number of carboxylic acids is 1. The second-order valence-electron chi connectivity index (χ2n) is 8.98. The van der Waals surface area contributed by atoms with Gasteiger partial charge in [-0.05, 0) is 49.9 Å². The van der Waals surface area contributed by atoms with Crippen molar-refractivity contribution in [3.63, 3.8) is 0 Å². The second-order valence-corrected chi connectivity index (χ2v) is 9.84. The fourth-order valence-corrected chi connectivity index (χ4v) is 5.21. The Morgan fingerprint density at radius 1 is 1.27 bits per heavy atom. The van der Waals surface area contributed by atoms with Gasteiger partial charge in [0, 0.05) is 36.5 Å². The van der Waals surface area contributed by atoms with Gasteiger partial charge in [0.05, 0.1) is 29.7 Å². The molecule has 1 fully saturated rings. The minimum absolute atomic E-state index is 0.125. The number of hydrogen-bond donors (Lipinski definition) is 2. The van der Waals surface area contributed by atoms with Gasteiger partial charge in [0.1, 0.15) is 11.6 Å². The number of hydrogen-bond acceptors (Lipinski definition) is 8. The smallest absolute Gasteiger partial charge is 0.481 e. The van der Waals surface area contributed by atoms with E-state index >= 15 is 0 Å². The molecule has 198 valence electrons. The van der Waals surface area contributed by atoms with Crippen LogP contribution in [0.5, 0.6) is 5.75 Å². The number of thiazole rings is 1. The lowest BCUT2D eigenvalue weighted by atomic mass is 9.89. The number of aromatic nitrogens is 3. The number of anilines is 2. The van der Waals surface area contributed by atoms with Gasteiger partial charge in [0.2, 0.25) is 0 Å². The van der Waals surface area contributed by atoms with Crippen LogP contribution in [0.15, 0.2) is 36.0 Å². The zero-order valence-corrected chi connectivity index (χ0v) is 21.3. The van der Waals surface area contributed by atoms with Crippen LogP contribution in [0.3, 0.4) is 0 Å². The Labute approximate surface area is 216 Å². The molecular weight excluding hydrogens is 507 g/mol. The minimum Gasteiger partial charge on any atom is -0.481 e. The molecule has 0 bridgehead atoms. The number of ether oxygens (including phenoxy) is 1. The predicted molar refractivity (Wildman–Crippen MR) is 135 cm³/mol. The van der Waals surface area contributed by atoms with Gasteiger partial charge >= 0.3 is 12.3 Å². The fourth-order valence-electron chi connectivity index (χ4n) is 4.46. The van der Waals surface area contributed by atoms with E-state index in [0.717, 1.165) is 17.9 Å². The van der Waals surface area contributed by atoms with E-state index < -0.39 is 12.3 Å². The number of nitrogens with zero attached hydrogens (tertiary/aromatic N) is 4. The summed E-state index contributed by atoms with van der Waals surface area (Å²) < 4.78 is 41.9. The first kappa shape index (κ1) is 26.6. The molecule has 3 heterocycles. The van der Waals surface area contributed by atoms with E-state index in [0.29, 0.717) is 54.3 Å². The summed E-state index contributed by atoms with van der Waals surface area (Å²) in [5.74, 6) is -0.571. The molecule has 2 unspecified atom stereocenters. The van der Waals surface area contributed by atoms with Gasteiger partial charge in [0.25, 0.3) is 0 Å². The summed E-state index contributed by atoms with van der Waals surface area (Å²) in [5.41, 5.74) is 2.54. The molecule has 0 saturated carbocycles. The number of alkyl halides is 3. The lowest BCUT2D eigenvalue weighted by Gasteiger charge is -2.38. The van der Waals surface area contributed by atoms with E-state index in [4.69, 9.17) is 0 Å². The molecular formula is C25H28F3N5O3S. The number of carboxylic acid groups (broad SMARTS) is 1. The Kier molecular flexibility index (Phi) is 8.16. The van der Waals surface area contributed by atoms with Gasteiger partial charge < -0.3 is 20.1 Å². The van der Waals surface area contributed by atoms with Crippen LogP contribution in [0.25, 0.3) is 11.3 Å². The largest absolute Gasteiger partial charge is 0.573 e. The van der Waals surface area contributed by atoms with Crippen molar-refractivity contribution in [2.24, 2.45) is 5.92 Å². The highest BCUT2D eigenvalue weighted by Crippen LogP contribution is 2.32. The summed E-state index contributed by atoms with van der Waals surface area (Å²) in [6, 6.07) is 4.53. The Morgan fingerprint density at radius 3 is 2.76 bits per heavy atom. The highest BCUT2D eigenvalue weighted by atomic mass is 32.1. The topological polar surface area (TPSA) is 100 Å². The normalized spacial score (nSPS) is 18.0. The van der Waals surface area contributed by atoms with Crippen LogP contribution in [0.1, 0.15) is 37.4 Å². The van der Waals surface area contributed by atoms with Crippen LogP contribution in [-0.2, 0) is 11.2 Å². The van der Waals surface area contributed by atoms with Crippen molar-refractivity contribution in [1.82, 2.24) is 15.0 Å². The maximum atomic E-state index is 12.6. The number of rotatable bonds is 9. The van der Waals surface area contributed by atoms with E-state index in [-0.39, 0.29) is 17.7 Å². The molecule has 37 heavy (non-hydrogen) atoms. The van der Waals surface area contributed by atoms with E-state index in [9.17, 15) is 23.1 Å². The average molecular weight is 536 g/mol. The van der Waals surface area contributed by atoms with Gasteiger partial charge in [-0.1, -0.05) is 6.92 Å². The summed E-state index contributed by atoms with van der Waals surface area (Å²) in [4.78, 5) is 27.1. The fraction of sp³-hybridized carbons (Fsp3) is 0.440. The van der Waals surface area contributed by atoms with E-state index in [2.05, 4.69) is 29.9 Å². The van der Waals surface area contributed by atoms with E-state index in [1.165, 1.54) is 23.5 Å². The molecule has 0 radical (unpaired) electrons. The molecule has 0 spiro atoms. The molecule has 12 heteroatoms. The summed E-state index contributed by atoms with van der Waals surface area (Å²) in [5, 5.41) is 15.0. The highest BCUT2D eigenvalue weighted by Gasteiger charge is 2.32. The first-order valence-corrected chi connectivity index (χ1v) is 12.9. The van der Waals surface area contributed by atoms with Crippen molar-refractivity contribution in [3.8, 4) is 17.0 Å². The number of carbonyl (C=O) groups is 1. The average Bonchev–Trinajstić information content (AvgIpc) is 3.32. The molecule has 3 aromatic rings. The predicted octanol–water partition coefficient (Wildman–Crippen LogP) is 5.54. The zero-order valence-electron chi connectivity index (χ0n) is 20.5.